The molecule has 2 fully saturated rings. The molecule has 126 valence electrons. The Bertz CT molecular complexity index is 616. The molecular weight excluding hydrogens is 284 g/mol. The van der Waals surface area contributed by atoms with Gasteiger partial charge in [0, 0.05) is 31.1 Å². The third-order valence-electron chi connectivity index (χ3n) is 7.60. The molecule has 0 bridgehead atoms. The fraction of sp³-hybridized carbons (Fsp3) is 0.700. The van der Waals surface area contributed by atoms with Crippen molar-refractivity contribution in [3.63, 3.8) is 0 Å². The van der Waals surface area contributed by atoms with Gasteiger partial charge >= 0.3 is 0 Å². The number of aromatic hydroxyl groups is 1. The van der Waals surface area contributed by atoms with Crippen LogP contribution in [0, 0.1) is 11.3 Å². The van der Waals surface area contributed by atoms with Gasteiger partial charge in [0.25, 0.3) is 0 Å². The summed E-state index contributed by atoms with van der Waals surface area (Å²) in [6.45, 7) is 8.38. The van der Waals surface area contributed by atoms with Crippen molar-refractivity contribution in [3.05, 3.63) is 29.3 Å². The predicted molar refractivity (Wildman–Crippen MR) is 93.9 cm³/mol. The number of likely N-dealkylation sites (tertiary alicyclic amines) is 1. The van der Waals surface area contributed by atoms with Gasteiger partial charge in [0.1, 0.15) is 5.75 Å². The highest BCUT2D eigenvalue weighted by atomic mass is 16.3. The lowest BCUT2D eigenvalue weighted by Gasteiger charge is -2.58. The van der Waals surface area contributed by atoms with E-state index in [1.807, 2.05) is 13.1 Å². The van der Waals surface area contributed by atoms with Crippen LogP contribution in [0.25, 0.3) is 0 Å². The Kier molecular flexibility index (Phi) is 3.51. The maximum Gasteiger partial charge on any atom is 0.115 e. The SMILES string of the molecule is CNCCN1CC2Cc3ccc(O)cc3C23CCCC3(C)C1C. The Balaban J connectivity index is 1.79. The van der Waals surface area contributed by atoms with Crippen molar-refractivity contribution in [3.8, 4) is 5.75 Å². The number of piperidine rings is 1. The van der Waals surface area contributed by atoms with Gasteiger partial charge < -0.3 is 10.4 Å². The number of nitrogens with one attached hydrogen (secondary N) is 1. The summed E-state index contributed by atoms with van der Waals surface area (Å²) >= 11 is 0. The molecule has 2 aliphatic carbocycles. The standard InChI is InChI=1S/C20H30N2O/c1-14-19(2)7-4-8-20(19)16(13-22(14)10-9-21-3)11-15-5-6-17(23)12-18(15)20/h5-6,12,14,16,21,23H,4,7-11,13H2,1-3H3. The van der Waals surface area contributed by atoms with Crippen LogP contribution in [0.15, 0.2) is 18.2 Å². The molecule has 4 atom stereocenters. The molecular formula is C20H30N2O. The highest BCUT2D eigenvalue weighted by Crippen LogP contribution is 2.66. The van der Waals surface area contributed by atoms with Crippen LogP contribution in [0.2, 0.25) is 0 Å². The van der Waals surface area contributed by atoms with Gasteiger partial charge in [-0.05, 0) is 67.8 Å². The van der Waals surface area contributed by atoms with E-state index in [0.717, 1.165) is 13.1 Å². The van der Waals surface area contributed by atoms with Crippen molar-refractivity contribution in [1.29, 1.82) is 0 Å². The smallest absolute Gasteiger partial charge is 0.115 e. The Hall–Kier alpha value is -1.06. The molecule has 1 aromatic rings. The van der Waals surface area contributed by atoms with E-state index in [-0.39, 0.29) is 5.41 Å². The van der Waals surface area contributed by atoms with E-state index in [1.54, 1.807) is 0 Å². The first-order valence-corrected chi connectivity index (χ1v) is 9.24. The normalized spacial score (nSPS) is 39.1. The van der Waals surface area contributed by atoms with Crippen molar-refractivity contribution in [2.75, 3.05) is 26.7 Å². The van der Waals surface area contributed by atoms with Gasteiger partial charge in [-0.15, -0.1) is 0 Å². The second-order valence-corrected chi connectivity index (χ2v) is 8.26. The second kappa shape index (κ2) is 5.22. The maximum absolute atomic E-state index is 10.1. The third-order valence-corrected chi connectivity index (χ3v) is 7.60. The number of hydrogen-bond acceptors (Lipinski definition) is 3. The van der Waals surface area contributed by atoms with Gasteiger partial charge in [0.05, 0.1) is 0 Å². The quantitative estimate of drug-likeness (QED) is 0.900. The van der Waals surface area contributed by atoms with Crippen LogP contribution in [-0.4, -0.2) is 42.7 Å². The summed E-state index contributed by atoms with van der Waals surface area (Å²) in [5.41, 5.74) is 3.57. The molecule has 0 aromatic heterocycles. The van der Waals surface area contributed by atoms with Gasteiger partial charge in [0.2, 0.25) is 0 Å². The summed E-state index contributed by atoms with van der Waals surface area (Å²) in [6, 6.07) is 6.75. The highest BCUT2D eigenvalue weighted by molar-refractivity contribution is 5.49. The number of rotatable bonds is 3. The third kappa shape index (κ3) is 1.90. The molecule has 23 heavy (non-hydrogen) atoms. The first-order chi connectivity index (χ1) is 11.0. The summed E-state index contributed by atoms with van der Waals surface area (Å²) in [5, 5.41) is 13.4. The Morgan fingerprint density at radius 3 is 2.96 bits per heavy atom. The summed E-state index contributed by atoms with van der Waals surface area (Å²) in [5.74, 6) is 1.15. The molecule has 3 aliphatic rings. The Morgan fingerprint density at radius 1 is 1.35 bits per heavy atom. The van der Waals surface area contributed by atoms with Crippen LogP contribution in [0.4, 0.5) is 0 Å². The van der Waals surface area contributed by atoms with Crippen LogP contribution in [0.1, 0.15) is 44.2 Å². The van der Waals surface area contributed by atoms with E-state index in [2.05, 4.69) is 36.2 Å². The first-order valence-electron chi connectivity index (χ1n) is 9.24. The minimum Gasteiger partial charge on any atom is -0.508 e. The lowest BCUT2D eigenvalue weighted by atomic mass is 9.54. The Morgan fingerprint density at radius 2 is 2.17 bits per heavy atom. The lowest BCUT2D eigenvalue weighted by molar-refractivity contribution is -0.0511. The van der Waals surface area contributed by atoms with Crippen molar-refractivity contribution < 1.29 is 5.11 Å². The lowest BCUT2D eigenvalue weighted by Crippen LogP contribution is -2.63. The van der Waals surface area contributed by atoms with Crippen LogP contribution >= 0.6 is 0 Å². The molecule has 2 N–H and O–H groups in total. The van der Waals surface area contributed by atoms with Gasteiger partial charge in [0.15, 0.2) is 0 Å². The minimum atomic E-state index is 0.288. The average Bonchev–Trinajstić information content (AvgIpc) is 3.05. The molecule has 4 unspecified atom stereocenters. The molecule has 3 nitrogen and oxygen atoms in total. The van der Waals surface area contributed by atoms with E-state index in [0.29, 0.717) is 23.1 Å². The second-order valence-electron chi connectivity index (χ2n) is 8.26. The zero-order valence-electron chi connectivity index (χ0n) is 14.7. The molecule has 1 aliphatic heterocycles. The fourth-order valence-electron chi connectivity index (χ4n) is 6.36. The summed E-state index contributed by atoms with van der Waals surface area (Å²) in [7, 11) is 2.05. The van der Waals surface area contributed by atoms with Gasteiger partial charge in [-0.3, -0.25) is 4.90 Å². The van der Waals surface area contributed by atoms with E-state index >= 15 is 0 Å². The molecule has 0 radical (unpaired) electrons. The van der Waals surface area contributed by atoms with Crippen molar-refractivity contribution >= 4 is 0 Å². The van der Waals surface area contributed by atoms with Crippen LogP contribution in [0.5, 0.6) is 5.75 Å². The van der Waals surface area contributed by atoms with E-state index < -0.39 is 0 Å². The highest BCUT2D eigenvalue weighted by Gasteiger charge is 2.65. The molecule has 1 spiro atoms. The topological polar surface area (TPSA) is 35.5 Å². The van der Waals surface area contributed by atoms with E-state index in [4.69, 9.17) is 0 Å². The van der Waals surface area contributed by atoms with Crippen molar-refractivity contribution in [2.24, 2.45) is 11.3 Å². The molecule has 3 heteroatoms. The summed E-state index contributed by atoms with van der Waals surface area (Å²) in [6.07, 6.45) is 5.13. The van der Waals surface area contributed by atoms with Gasteiger partial charge in [-0.25, -0.2) is 0 Å². The fourth-order valence-corrected chi connectivity index (χ4v) is 6.36. The molecule has 1 saturated carbocycles. The number of phenolic OH excluding ortho intramolecular Hbond substituents is 1. The molecule has 4 rings (SSSR count). The maximum atomic E-state index is 10.1. The summed E-state index contributed by atoms with van der Waals surface area (Å²) < 4.78 is 0. The molecule has 1 heterocycles. The average molecular weight is 314 g/mol. The zero-order chi connectivity index (χ0) is 16.2. The number of benzene rings is 1. The first kappa shape index (κ1) is 15.5. The summed E-state index contributed by atoms with van der Waals surface area (Å²) in [4.78, 5) is 2.72. The Labute approximate surface area is 140 Å². The molecule has 1 aromatic carbocycles. The zero-order valence-corrected chi connectivity index (χ0v) is 14.7. The largest absolute Gasteiger partial charge is 0.508 e. The van der Waals surface area contributed by atoms with Crippen LogP contribution in [0.3, 0.4) is 0 Å². The van der Waals surface area contributed by atoms with Crippen molar-refractivity contribution in [2.45, 2.75) is 51.0 Å². The number of likely N-dealkylation sites (N-methyl/N-ethyl adjacent to an activating group) is 1. The number of phenols is 1. The van der Waals surface area contributed by atoms with Gasteiger partial charge in [-0.2, -0.15) is 0 Å². The van der Waals surface area contributed by atoms with E-state index in [9.17, 15) is 5.11 Å². The van der Waals surface area contributed by atoms with E-state index in [1.165, 1.54) is 43.4 Å². The molecule has 1 saturated heterocycles. The van der Waals surface area contributed by atoms with Gasteiger partial charge in [-0.1, -0.05) is 19.4 Å². The number of fused-ring (bicyclic) bond motifs is 1. The number of hydrogen-bond donors (Lipinski definition) is 2. The number of nitrogens with zero attached hydrogens (tertiary/aromatic N) is 1. The van der Waals surface area contributed by atoms with Crippen LogP contribution < -0.4 is 5.32 Å². The van der Waals surface area contributed by atoms with Crippen molar-refractivity contribution in [1.82, 2.24) is 10.2 Å². The molecule has 0 amide bonds. The minimum absolute atomic E-state index is 0.288. The predicted octanol–water partition coefficient (Wildman–Crippen LogP) is 2.92. The van der Waals surface area contributed by atoms with Crippen LogP contribution in [-0.2, 0) is 11.8 Å². The monoisotopic (exact) mass is 314 g/mol.